The van der Waals surface area contributed by atoms with Gasteiger partial charge in [-0.2, -0.15) is 0 Å². The Morgan fingerprint density at radius 3 is 2.19 bits per heavy atom. The van der Waals surface area contributed by atoms with Crippen LogP contribution in [0.25, 0.3) is 0 Å². The Labute approximate surface area is 227 Å². The first-order valence-electron chi connectivity index (χ1n) is 12.1. The Morgan fingerprint density at radius 2 is 1.57 bits per heavy atom. The minimum atomic E-state index is -4.06. The van der Waals surface area contributed by atoms with Gasteiger partial charge in [0.2, 0.25) is 11.8 Å². The van der Waals surface area contributed by atoms with E-state index in [0.717, 1.165) is 20.8 Å². The number of carbonyl (C=O) groups is 2. The molecule has 1 N–H and O–H groups in total. The second-order valence-electron chi connectivity index (χ2n) is 8.73. The molecule has 3 aromatic rings. The first kappa shape index (κ1) is 28.4. The number of amides is 2. The normalized spacial score (nSPS) is 12.0. The van der Waals surface area contributed by atoms with Crippen LogP contribution in [0.1, 0.15) is 31.4 Å². The molecule has 0 unspecified atom stereocenters. The highest BCUT2D eigenvalue weighted by Gasteiger charge is 2.32. The van der Waals surface area contributed by atoms with Crippen molar-refractivity contribution in [3.05, 3.63) is 94.5 Å². The summed E-state index contributed by atoms with van der Waals surface area (Å²) in [7, 11) is -4.06. The summed E-state index contributed by atoms with van der Waals surface area (Å²) < 4.78 is 29.5. The fourth-order valence-corrected chi connectivity index (χ4v) is 5.61. The summed E-state index contributed by atoms with van der Waals surface area (Å²) in [6.45, 7) is 5.59. The van der Waals surface area contributed by atoms with E-state index in [2.05, 4.69) is 21.2 Å². The maximum absolute atomic E-state index is 13.8. The molecule has 2 amide bonds. The molecule has 9 heteroatoms. The number of nitrogens with one attached hydrogen (secondary N) is 1. The van der Waals surface area contributed by atoms with Gasteiger partial charge < -0.3 is 10.2 Å². The molecule has 0 aliphatic heterocycles. The highest BCUT2D eigenvalue weighted by molar-refractivity contribution is 9.10. The highest BCUT2D eigenvalue weighted by atomic mass is 79.9. The van der Waals surface area contributed by atoms with Gasteiger partial charge in [-0.05, 0) is 61.7 Å². The monoisotopic (exact) mass is 585 g/mol. The summed E-state index contributed by atoms with van der Waals surface area (Å²) in [5.74, 6) is -0.773. The minimum absolute atomic E-state index is 0.0826. The van der Waals surface area contributed by atoms with Crippen LogP contribution in [0.3, 0.4) is 0 Å². The maximum Gasteiger partial charge on any atom is 0.264 e. The van der Waals surface area contributed by atoms with Crippen LogP contribution in [0.5, 0.6) is 0 Å². The topological polar surface area (TPSA) is 86.8 Å². The molecule has 3 rings (SSSR count). The molecule has 3 aromatic carbocycles. The van der Waals surface area contributed by atoms with Gasteiger partial charge >= 0.3 is 0 Å². The van der Waals surface area contributed by atoms with Crippen LogP contribution in [-0.4, -0.2) is 44.3 Å². The Bertz CT molecular complexity index is 1310. The van der Waals surface area contributed by atoms with Crippen LogP contribution in [0.15, 0.2) is 88.2 Å². The second-order valence-corrected chi connectivity index (χ2v) is 11.5. The number of rotatable bonds is 11. The van der Waals surface area contributed by atoms with Crippen molar-refractivity contribution in [2.45, 2.75) is 44.7 Å². The summed E-state index contributed by atoms with van der Waals surface area (Å²) in [6, 6.07) is 21.7. The van der Waals surface area contributed by atoms with Gasteiger partial charge in [-0.25, -0.2) is 8.42 Å². The van der Waals surface area contributed by atoms with E-state index < -0.39 is 28.5 Å². The molecule has 0 saturated carbocycles. The zero-order valence-corrected chi connectivity index (χ0v) is 23.6. The van der Waals surface area contributed by atoms with Crippen molar-refractivity contribution in [3.8, 4) is 0 Å². The molecule has 0 spiro atoms. The van der Waals surface area contributed by atoms with Crippen molar-refractivity contribution < 1.29 is 18.0 Å². The van der Waals surface area contributed by atoms with E-state index in [1.165, 1.54) is 17.0 Å². The second kappa shape index (κ2) is 12.9. The number of halogens is 1. The molecule has 0 radical (unpaired) electrons. The standard InChI is InChI=1S/C28H32BrN3O4S/c1-4-18-30-28(34)22(3)31(19-23-14-16-24(29)17-15-23)27(33)20-32(26-13-9-8-10-21(26)2)37(35,36)25-11-6-5-7-12-25/h5-17,22H,4,18-20H2,1-3H3,(H,30,34)/t22-/m1/s1. The van der Waals surface area contributed by atoms with Crippen molar-refractivity contribution in [1.82, 2.24) is 10.2 Å². The zero-order chi connectivity index (χ0) is 27.0. The molecule has 196 valence electrons. The predicted octanol–water partition coefficient (Wildman–Crippen LogP) is 4.90. The van der Waals surface area contributed by atoms with E-state index in [1.807, 2.05) is 37.3 Å². The lowest BCUT2D eigenvalue weighted by molar-refractivity contribution is -0.139. The third-order valence-corrected chi connectivity index (χ3v) is 8.28. The van der Waals surface area contributed by atoms with Crippen LogP contribution in [0.4, 0.5) is 5.69 Å². The lowest BCUT2D eigenvalue weighted by atomic mass is 10.1. The van der Waals surface area contributed by atoms with Gasteiger partial charge in [-0.1, -0.05) is 71.4 Å². The molecule has 0 saturated heterocycles. The summed E-state index contributed by atoms with van der Waals surface area (Å²) >= 11 is 3.41. The van der Waals surface area contributed by atoms with Crippen molar-refractivity contribution in [2.75, 3.05) is 17.4 Å². The van der Waals surface area contributed by atoms with Gasteiger partial charge in [0.05, 0.1) is 10.6 Å². The third kappa shape index (κ3) is 7.20. The van der Waals surface area contributed by atoms with Crippen molar-refractivity contribution >= 4 is 43.5 Å². The average Bonchev–Trinajstić information content (AvgIpc) is 2.90. The molecule has 0 heterocycles. The Hall–Kier alpha value is -3.17. The molecular formula is C28H32BrN3O4S. The number of para-hydroxylation sites is 1. The number of sulfonamides is 1. The first-order chi connectivity index (χ1) is 17.6. The van der Waals surface area contributed by atoms with Crippen molar-refractivity contribution in [2.24, 2.45) is 0 Å². The van der Waals surface area contributed by atoms with Crippen molar-refractivity contribution in [1.29, 1.82) is 0 Å². The highest BCUT2D eigenvalue weighted by Crippen LogP contribution is 2.27. The first-order valence-corrected chi connectivity index (χ1v) is 14.3. The van der Waals surface area contributed by atoms with E-state index in [0.29, 0.717) is 17.8 Å². The lowest BCUT2D eigenvalue weighted by Crippen LogP contribution is -2.51. The van der Waals surface area contributed by atoms with Crippen LogP contribution in [0.2, 0.25) is 0 Å². The molecule has 0 aromatic heterocycles. The van der Waals surface area contributed by atoms with Gasteiger partial charge in [0, 0.05) is 17.6 Å². The molecule has 37 heavy (non-hydrogen) atoms. The number of benzene rings is 3. The fourth-order valence-electron chi connectivity index (χ4n) is 3.84. The smallest absolute Gasteiger partial charge is 0.264 e. The van der Waals surface area contributed by atoms with E-state index in [-0.39, 0.29) is 17.3 Å². The molecule has 0 aliphatic carbocycles. The molecule has 0 bridgehead atoms. The maximum atomic E-state index is 13.8. The van der Waals surface area contributed by atoms with E-state index in [9.17, 15) is 18.0 Å². The van der Waals surface area contributed by atoms with Gasteiger partial charge in [-0.15, -0.1) is 0 Å². The Kier molecular flexibility index (Phi) is 9.88. The molecular weight excluding hydrogens is 554 g/mol. The summed E-state index contributed by atoms with van der Waals surface area (Å²) in [4.78, 5) is 28.2. The number of aryl methyl sites for hydroxylation is 1. The number of hydrogen-bond acceptors (Lipinski definition) is 4. The van der Waals surface area contributed by atoms with E-state index in [4.69, 9.17) is 0 Å². The third-order valence-electron chi connectivity index (χ3n) is 5.98. The summed E-state index contributed by atoms with van der Waals surface area (Å²) in [5, 5.41) is 2.84. The van der Waals surface area contributed by atoms with E-state index in [1.54, 1.807) is 50.2 Å². The number of carbonyl (C=O) groups excluding carboxylic acids is 2. The van der Waals surface area contributed by atoms with Crippen LogP contribution >= 0.6 is 15.9 Å². The van der Waals surface area contributed by atoms with Crippen LogP contribution < -0.4 is 9.62 Å². The molecule has 1 atom stereocenters. The quantitative estimate of drug-likeness (QED) is 0.347. The fraction of sp³-hybridized carbons (Fsp3) is 0.286. The number of nitrogens with zero attached hydrogens (tertiary/aromatic N) is 2. The lowest BCUT2D eigenvalue weighted by Gasteiger charge is -2.32. The molecule has 0 fully saturated rings. The minimum Gasteiger partial charge on any atom is -0.354 e. The van der Waals surface area contributed by atoms with Gasteiger partial charge in [0.25, 0.3) is 10.0 Å². The summed E-state index contributed by atoms with van der Waals surface area (Å²) in [6.07, 6.45) is 0.759. The average molecular weight is 587 g/mol. The Balaban J connectivity index is 2.01. The Morgan fingerprint density at radius 1 is 0.946 bits per heavy atom. The molecule has 7 nitrogen and oxygen atoms in total. The van der Waals surface area contributed by atoms with E-state index >= 15 is 0 Å². The SMILES string of the molecule is CCCNC(=O)[C@@H](C)N(Cc1ccc(Br)cc1)C(=O)CN(c1ccccc1C)S(=O)(=O)c1ccccc1. The molecule has 0 aliphatic rings. The largest absolute Gasteiger partial charge is 0.354 e. The van der Waals surface area contributed by atoms with Gasteiger partial charge in [-0.3, -0.25) is 13.9 Å². The van der Waals surface area contributed by atoms with Crippen molar-refractivity contribution in [3.63, 3.8) is 0 Å². The van der Waals surface area contributed by atoms with Gasteiger partial charge in [0.15, 0.2) is 0 Å². The number of hydrogen-bond donors (Lipinski definition) is 1. The van der Waals surface area contributed by atoms with Crippen LogP contribution in [-0.2, 0) is 26.2 Å². The summed E-state index contributed by atoms with van der Waals surface area (Å²) in [5.41, 5.74) is 1.94. The van der Waals surface area contributed by atoms with Gasteiger partial charge in [0.1, 0.15) is 12.6 Å². The zero-order valence-electron chi connectivity index (χ0n) is 21.2. The number of anilines is 1. The van der Waals surface area contributed by atoms with Crippen LogP contribution in [0, 0.1) is 6.92 Å². The predicted molar refractivity (Wildman–Crippen MR) is 150 cm³/mol.